The molecular formula is C26H41F3N2O3. The van der Waals surface area contributed by atoms with Crippen LogP contribution in [0.5, 0.6) is 5.75 Å². The van der Waals surface area contributed by atoms with Gasteiger partial charge in [0.2, 0.25) is 0 Å². The van der Waals surface area contributed by atoms with Gasteiger partial charge in [0.05, 0.1) is 0 Å². The number of piperidine rings is 1. The minimum atomic E-state index is -4.34. The Bertz CT molecular complexity index is 748. The molecule has 1 aliphatic carbocycles. The highest BCUT2D eigenvalue weighted by Gasteiger charge is 2.32. The monoisotopic (exact) mass is 486 g/mol. The Morgan fingerprint density at radius 1 is 1.00 bits per heavy atom. The lowest BCUT2D eigenvalue weighted by Gasteiger charge is -2.41. The van der Waals surface area contributed by atoms with Crippen molar-refractivity contribution >= 4 is 6.09 Å². The van der Waals surface area contributed by atoms with E-state index in [4.69, 9.17) is 9.47 Å². The van der Waals surface area contributed by atoms with Crippen molar-refractivity contribution in [3.8, 4) is 5.75 Å². The van der Waals surface area contributed by atoms with Crippen LogP contribution >= 0.6 is 0 Å². The SMILES string of the molecule is CC.CC(C)(C)OC(=O)NC1CCC(N2CCC(c3ccccc3OCC(F)(F)F)CC2)CC1. The third-order valence-electron chi connectivity index (χ3n) is 6.21. The first-order valence-corrected chi connectivity index (χ1v) is 12.5. The second-order valence-corrected chi connectivity index (χ2v) is 9.90. The van der Waals surface area contributed by atoms with E-state index in [1.807, 2.05) is 46.8 Å². The molecule has 3 rings (SSSR count). The van der Waals surface area contributed by atoms with Gasteiger partial charge < -0.3 is 19.7 Å². The zero-order valence-corrected chi connectivity index (χ0v) is 21.2. The van der Waals surface area contributed by atoms with Crippen LogP contribution in [0.1, 0.15) is 84.6 Å². The lowest BCUT2D eigenvalue weighted by Crippen LogP contribution is -2.47. The van der Waals surface area contributed by atoms with E-state index in [1.54, 1.807) is 12.1 Å². The van der Waals surface area contributed by atoms with Gasteiger partial charge in [0.15, 0.2) is 6.61 Å². The summed E-state index contributed by atoms with van der Waals surface area (Å²) in [7, 11) is 0. The zero-order valence-electron chi connectivity index (χ0n) is 21.2. The van der Waals surface area contributed by atoms with Gasteiger partial charge in [-0.05, 0) is 89.9 Å². The van der Waals surface area contributed by atoms with Gasteiger partial charge in [0.25, 0.3) is 0 Å². The maximum absolute atomic E-state index is 12.6. The maximum Gasteiger partial charge on any atom is 0.422 e. The number of halogens is 3. The fraction of sp³-hybridized carbons (Fsp3) is 0.731. The molecule has 1 aromatic carbocycles. The topological polar surface area (TPSA) is 50.8 Å². The predicted molar refractivity (Wildman–Crippen MR) is 128 cm³/mol. The van der Waals surface area contributed by atoms with Crippen molar-refractivity contribution in [3.63, 3.8) is 0 Å². The van der Waals surface area contributed by atoms with Crippen molar-refractivity contribution in [3.05, 3.63) is 29.8 Å². The number of hydrogen-bond donors (Lipinski definition) is 1. The van der Waals surface area contributed by atoms with Gasteiger partial charge in [0.1, 0.15) is 11.4 Å². The Labute approximate surface area is 202 Å². The number of carbonyl (C=O) groups excluding carboxylic acids is 1. The van der Waals surface area contributed by atoms with Crippen LogP contribution in [0.4, 0.5) is 18.0 Å². The first-order chi connectivity index (χ1) is 16.0. The summed E-state index contributed by atoms with van der Waals surface area (Å²) < 4.78 is 48.2. The van der Waals surface area contributed by atoms with Crippen LogP contribution in [0.2, 0.25) is 0 Å². The highest BCUT2D eigenvalue weighted by Crippen LogP contribution is 2.36. The van der Waals surface area contributed by atoms with Crippen LogP contribution in [0.15, 0.2) is 24.3 Å². The minimum absolute atomic E-state index is 0.149. The summed E-state index contributed by atoms with van der Waals surface area (Å²) in [6, 6.07) is 7.74. The molecular weight excluding hydrogens is 445 g/mol. The number of nitrogens with zero attached hydrogens (tertiary/aromatic N) is 1. The maximum atomic E-state index is 12.6. The molecule has 2 fully saturated rings. The van der Waals surface area contributed by atoms with Crippen LogP contribution in [0.25, 0.3) is 0 Å². The third-order valence-corrected chi connectivity index (χ3v) is 6.21. The molecule has 1 saturated heterocycles. The molecule has 1 saturated carbocycles. The number of ether oxygens (including phenoxy) is 2. The highest BCUT2D eigenvalue weighted by molar-refractivity contribution is 5.68. The Kier molecular flexibility index (Phi) is 10.5. The number of amides is 1. The van der Waals surface area contributed by atoms with E-state index in [1.165, 1.54) is 0 Å². The summed E-state index contributed by atoms with van der Waals surface area (Å²) in [6.07, 6.45) is 1.02. The number of hydrogen-bond acceptors (Lipinski definition) is 4. The van der Waals surface area contributed by atoms with Crippen molar-refractivity contribution in [1.29, 1.82) is 0 Å². The summed E-state index contributed by atoms with van der Waals surface area (Å²) in [4.78, 5) is 14.5. The average Bonchev–Trinajstić information content (AvgIpc) is 2.78. The lowest BCUT2D eigenvalue weighted by molar-refractivity contribution is -0.153. The Balaban J connectivity index is 0.00000199. The van der Waals surface area contributed by atoms with Crippen LogP contribution in [0.3, 0.4) is 0 Å². The quantitative estimate of drug-likeness (QED) is 0.505. The van der Waals surface area contributed by atoms with E-state index in [2.05, 4.69) is 10.2 Å². The van der Waals surface area contributed by atoms with Crippen LogP contribution < -0.4 is 10.1 Å². The predicted octanol–water partition coefficient (Wildman–Crippen LogP) is 6.67. The molecule has 1 amide bonds. The fourth-order valence-corrected chi connectivity index (χ4v) is 4.74. The Morgan fingerprint density at radius 2 is 1.59 bits per heavy atom. The van der Waals surface area contributed by atoms with Crippen LogP contribution in [-0.4, -0.2) is 54.6 Å². The average molecular weight is 487 g/mol. The molecule has 1 N–H and O–H groups in total. The molecule has 0 radical (unpaired) electrons. The van der Waals surface area contributed by atoms with Crippen molar-refractivity contribution in [1.82, 2.24) is 10.2 Å². The second kappa shape index (κ2) is 12.7. The van der Waals surface area contributed by atoms with Crippen molar-refractivity contribution in [2.45, 2.75) is 103 Å². The third kappa shape index (κ3) is 9.35. The zero-order chi connectivity index (χ0) is 25.4. The van der Waals surface area contributed by atoms with E-state index < -0.39 is 18.4 Å². The summed E-state index contributed by atoms with van der Waals surface area (Å²) >= 11 is 0. The first kappa shape index (κ1) is 28.3. The number of benzene rings is 1. The number of nitrogens with one attached hydrogen (secondary N) is 1. The van der Waals surface area contributed by atoms with Gasteiger partial charge in [0, 0.05) is 12.1 Å². The first-order valence-electron chi connectivity index (χ1n) is 12.5. The molecule has 0 spiro atoms. The smallest absolute Gasteiger partial charge is 0.422 e. The van der Waals surface area contributed by atoms with Gasteiger partial charge in [-0.3, -0.25) is 0 Å². The van der Waals surface area contributed by atoms with E-state index in [9.17, 15) is 18.0 Å². The van der Waals surface area contributed by atoms with Crippen LogP contribution in [-0.2, 0) is 4.74 Å². The summed E-state index contributed by atoms with van der Waals surface area (Å²) in [5.74, 6) is 0.554. The van der Waals surface area contributed by atoms with Crippen molar-refractivity contribution in [2.24, 2.45) is 0 Å². The molecule has 0 atom stereocenters. The number of para-hydroxylation sites is 1. The number of rotatable bonds is 5. The molecule has 5 nitrogen and oxygen atoms in total. The van der Waals surface area contributed by atoms with Crippen LogP contribution in [0, 0.1) is 0 Å². The standard InChI is InChI=1S/C24H35F3N2O3.C2H6/c1-23(2,3)32-22(30)28-18-8-10-19(11-9-18)29-14-12-17(13-15-29)20-6-4-5-7-21(20)31-16-24(25,26)27;1-2/h4-7,17-19H,8-16H2,1-3H3,(H,28,30);1-2H3. The van der Waals surface area contributed by atoms with Gasteiger partial charge in [-0.2, -0.15) is 13.2 Å². The molecule has 0 unspecified atom stereocenters. The molecule has 1 aliphatic heterocycles. The van der Waals surface area contributed by atoms with Gasteiger partial charge >= 0.3 is 12.3 Å². The fourth-order valence-electron chi connectivity index (χ4n) is 4.74. The van der Waals surface area contributed by atoms with E-state index in [0.29, 0.717) is 11.8 Å². The normalized spacial score (nSPS) is 22.4. The molecule has 194 valence electrons. The van der Waals surface area contributed by atoms with Crippen molar-refractivity contribution in [2.75, 3.05) is 19.7 Å². The second-order valence-electron chi connectivity index (χ2n) is 9.90. The summed E-state index contributed by atoms with van der Waals surface area (Å²) in [6.45, 7) is 10.2. The number of alkyl halides is 3. The molecule has 1 aromatic rings. The molecule has 34 heavy (non-hydrogen) atoms. The van der Waals surface area contributed by atoms with Gasteiger partial charge in [-0.1, -0.05) is 32.0 Å². The van der Waals surface area contributed by atoms with Gasteiger partial charge in [-0.25, -0.2) is 4.79 Å². The number of alkyl carbamates (subject to hydrolysis) is 1. The van der Waals surface area contributed by atoms with Gasteiger partial charge in [-0.15, -0.1) is 0 Å². The van der Waals surface area contributed by atoms with Crippen molar-refractivity contribution < 1.29 is 27.4 Å². The molecule has 0 aromatic heterocycles. The van der Waals surface area contributed by atoms with E-state index in [-0.39, 0.29) is 18.1 Å². The highest BCUT2D eigenvalue weighted by atomic mass is 19.4. The number of carbonyl (C=O) groups is 1. The Hall–Kier alpha value is -1.96. The Morgan fingerprint density at radius 3 is 2.15 bits per heavy atom. The number of likely N-dealkylation sites (tertiary alicyclic amines) is 1. The largest absolute Gasteiger partial charge is 0.484 e. The lowest BCUT2D eigenvalue weighted by atomic mass is 9.85. The molecule has 8 heteroatoms. The molecule has 2 aliphatic rings. The summed E-state index contributed by atoms with van der Waals surface area (Å²) in [5, 5.41) is 2.98. The molecule has 0 bridgehead atoms. The van der Waals surface area contributed by atoms with E-state index >= 15 is 0 Å². The van der Waals surface area contributed by atoms with E-state index in [0.717, 1.165) is 57.2 Å². The summed E-state index contributed by atoms with van der Waals surface area (Å²) in [5.41, 5.74) is 0.379. The molecule has 1 heterocycles. The minimum Gasteiger partial charge on any atom is -0.484 e.